The molecule has 1 aliphatic carbocycles. The number of rotatable bonds is 7. The Bertz CT molecular complexity index is 541. The van der Waals surface area contributed by atoms with Crippen LogP contribution in [0.4, 0.5) is 0 Å². The number of aliphatic imine (C=N–C) groups is 1. The fourth-order valence-corrected chi connectivity index (χ4v) is 3.62. The van der Waals surface area contributed by atoms with Gasteiger partial charge in [-0.15, -0.1) is 0 Å². The molecule has 0 heterocycles. The molecule has 136 valence electrons. The molecule has 0 atom stereocenters. The monoisotopic (exact) mass is 397 g/mol. The third-order valence-electron chi connectivity index (χ3n) is 4.03. The van der Waals surface area contributed by atoms with Gasteiger partial charge < -0.3 is 9.47 Å². The molecule has 1 aromatic carbocycles. The Morgan fingerprint density at radius 1 is 1.21 bits per heavy atom. The van der Waals surface area contributed by atoms with Crippen LogP contribution in [0.25, 0.3) is 0 Å². The highest BCUT2D eigenvalue weighted by Crippen LogP contribution is 2.39. The van der Waals surface area contributed by atoms with Crippen LogP contribution >= 0.6 is 15.9 Å². The Balaban J connectivity index is 0.00000139. The second kappa shape index (κ2) is 11.6. The number of ether oxygens (including phenoxy) is 2. The van der Waals surface area contributed by atoms with E-state index >= 15 is 0 Å². The number of aryl methyl sites for hydroxylation is 1. The van der Waals surface area contributed by atoms with Crippen molar-refractivity contribution >= 4 is 21.6 Å². The predicted molar refractivity (Wildman–Crippen MR) is 107 cm³/mol. The summed E-state index contributed by atoms with van der Waals surface area (Å²) in [6.07, 6.45) is 5.87. The highest BCUT2D eigenvalue weighted by molar-refractivity contribution is 9.10. The minimum atomic E-state index is 0.557. The van der Waals surface area contributed by atoms with Crippen molar-refractivity contribution in [1.29, 1.82) is 0 Å². The lowest BCUT2D eigenvalue weighted by Crippen LogP contribution is -2.13. The molecule has 0 unspecified atom stereocenters. The number of nitrogens with zero attached hydrogens (tertiary/aromatic N) is 1. The standard InChI is InChI=1S/C18H26BrNO2.C2H6/c1-4-9-20-13(2)16-12-14-7-5-6-8-15(14)17(19)18(16)22-11-10-21-3;1-2/h12H,4-11H2,1-3H3;1-2H3. The number of methoxy groups -OCH3 is 1. The summed E-state index contributed by atoms with van der Waals surface area (Å²) in [7, 11) is 1.69. The van der Waals surface area contributed by atoms with Gasteiger partial charge in [-0.05, 0) is 72.2 Å². The van der Waals surface area contributed by atoms with Crippen LogP contribution in [0.3, 0.4) is 0 Å². The average molecular weight is 398 g/mol. The van der Waals surface area contributed by atoms with Crippen molar-refractivity contribution in [3.63, 3.8) is 0 Å². The molecule has 24 heavy (non-hydrogen) atoms. The van der Waals surface area contributed by atoms with Crippen LogP contribution in [0.5, 0.6) is 5.75 Å². The molecule has 0 aliphatic heterocycles. The van der Waals surface area contributed by atoms with Crippen molar-refractivity contribution in [3.05, 3.63) is 27.2 Å². The average Bonchev–Trinajstić information content (AvgIpc) is 2.63. The van der Waals surface area contributed by atoms with E-state index < -0.39 is 0 Å². The highest BCUT2D eigenvalue weighted by atomic mass is 79.9. The van der Waals surface area contributed by atoms with Gasteiger partial charge >= 0.3 is 0 Å². The van der Waals surface area contributed by atoms with Gasteiger partial charge in [0.25, 0.3) is 0 Å². The molecule has 0 amide bonds. The van der Waals surface area contributed by atoms with Gasteiger partial charge in [0.2, 0.25) is 0 Å². The lowest BCUT2D eigenvalue weighted by atomic mass is 9.89. The fraction of sp³-hybridized carbons (Fsp3) is 0.650. The molecule has 0 aromatic heterocycles. The van der Waals surface area contributed by atoms with Crippen molar-refractivity contribution in [2.24, 2.45) is 4.99 Å². The van der Waals surface area contributed by atoms with Crippen molar-refractivity contribution in [2.75, 3.05) is 26.9 Å². The van der Waals surface area contributed by atoms with Gasteiger partial charge in [-0.25, -0.2) is 0 Å². The Hall–Kier alpha value is -0.870. The molecule has 4 heteroatoms. The van der Waals surface area contributed by atoms with Crippen molar-refractivity contribution in [2.45, 2.75) is 59.8 Å². The number of hydrogen-bond acceptors (Lipinski definition) is 3. The van der Waals surface area contributed by atoms with Gasteiger partial charge in [-0.2, -0.15) is 0 Å². The Morgan fingerprint density at radius 3 is 2.58 bits per heavy atom. The quantitative estimate of drug-likeness (QED) is 0.442. The van der Waals surface area contributed by atoms with Crippen LogP contribution in [0, 0.1) is 0 Å². The van der Waals surface area contributed by atoms with E-state index in [2.05, 4.69) is 40.8 Å². The second-order valence-electron chi connectivity index (χ2n) is 5.72. The highest BCUT2D eigenvalue weighted by Gasteiger charge is 2.21. The second-order valence-corrected chi connectivity index (χ2v) is 6.51. The third-order valence-corrected chi connectivity index (χ3v) is 4.87. The minimum absolute atomic E-state index is 0.557. The van der Waals surface area contributed by atoms with E-state index in [1.165, 1.54) is 24.0 Å². The Kier molecular flexibility index (Phi) is 10.3. The molecule has 1 aliphatic rings. The van der Waals surface area contributed by atoms with Gasteiger partial charge in [-0.1, -0.05) is 20.8 Å². The van der Waals surface area contributed by atoms with E-state index in [0.717, 1.165) is 47.3 Å². The minimum Gasteiger partial charge on any atom is -0.489 e. The first-order valence-electron chi connectivity index (χ1n) is 9.16. The van der Waals surface area contributed by atoms with Gasteiger partial charge in [0.15, 0.2) is 0 Å². The normalized spacial score (nSPS) is 13.8. The SMILES string of the molecule is CC.CCCN=C(C)c1cc2c(c(Br)c1OCCOC)CCCC2. The summed E-state index contributed by atoms with van der Waals surface area (Å²) in [5.41, 5.74) is 5.03. The number of hydrogen-bond donors (Lipinski definition) is 0. The van der Waals surface area contributed by atoms with E-state index in [-0.39, 0.29) is 0 Å². The molecule has 0 bridgehead atoms. The zero-order chi connectivity index (χ0) is 17.9. The molecule has 0 spiro atoms. The maximum Gasteiger partial charge on any atom is 0.142 e. The summed E-state index contributed by atoms with van der Waals surface area (Å²) >= 11 is 3.79. The summed E-state index contributed by atoms with van der Waals surface area (Å²) in [6, 6.07) is 2.29. The molecule has 0 saturated heterocycles. The molecule has 0 saturated carbocycles. The van der Waals surface area contributed by atoms with E-state index in [0.29, 0.717) is 13.2 Å². The zero-order valence-corrected chi connectivity index (χ0v) is 17.5. The van der Waals surface area contributed by atoms with E-state index in [1.807, 2.05) is 13.8 Å². The number of halogens is 1. The van der Waals surface area contributed by atoms with E-state index in [4.69, 9.17) is 9.47 Å². The van der Waals surface area contributed by atoms with E-state index in [1.54, 1.807) is 7.11 Å². The van der Waals surface area contributed by atoms with Gasteiger partial charge in [-0.3, -0.25) is 4.99 Å². The zero-order valence-electron chi connectivity index (χ0n) is 15.9. The predicted octanol–water partition coefficient (Wildman–Crippen LogP) is 5.60. The maximum atomic E-state index is 6.02. The molecule has 2 rings (SSSR count). The smallest absolute Gasteiger partial charge is 0.142 e. The first kappa shape index (κ1) is 21.2. The van der Waals surface area contributed by atoms with Crippen molar-refractivity contribution < 1.29 is 9.47 Å². The summed E-state index contributed by atoms with van der Waals surface area (Å²) in [4.78, 5) is 4.68. The molecule has 0 radical (unpaired) electrons. The Morgan fingerprint density at radius 2 is 1.92 bits per heavy atom. The molecular formula is C20H32BrNO2. The van der Waals surface area contributed by atoms with E-state index in [9.17, 15) is 0 Å². The number of fused-ring (bicyclic) bond motifs is 1. The summed E-state index contributed by atoms with van der Waals surface area (Å²) in [6.45, 7) is 10.2. The first-order valence-corrected chi connectivity index (χ1v) is 9.95. The lowest BCUT2D eigenvalue weighted by molar-refractivity contribution is 0.145. The van der Waals surface area contributed by atoms with Crippen LogP contribution < -0.4 is 4.74 Å². The molecular weight excluding hydrogens is 366 g/mol. The fourth-order valence-electron chi connectivity index (χ4n) is 2.84. The van der Waals surface area contributed by atoms with Gasteiger partial charge in [0.1, 0.15) is 12.4 Å². The molecule has 0 fully saturated rings. The van der Waals surface area contributed by atoms with Gasteiger partial charge in [0.05, 0.1) is 11.1 Å². The summed E-state index contributed by atoms with van der Waals surface area (Å²) < 4.78 is 12.2. The Labute approximate surface area is 156 Å². The maximum absolute atomic E-state index is 6.02. The molecule has 1 aromatic rings. The van der Waals surface area contributed by atoms with Crippen LogP contribution in [0.2, 0.25) is 0 Å². The van der Waals surface area contributed by atoms with Crippen molar-refractivity contribution in [3.8, 4) is 5.75 Å². The van der Waals surface area contributed by atoms with Crippen LogP contribution in [0.15, 0.2) is 15.5 Å². The topological polar surface area (TPSA) is 30.8 Å². The van der Waals surface area contributed by atoms with Gasteiger partial charge in [0, 0.05) is 24.9 Å². The summed E-state index contributed by atoms with van der Waals surface area (Å²) in [5, 5.41) is 0. The van der Waals surface area contributed by atoms with Crippen LogP contribution in [-0.2, 0) is 17.6 Å². The molecule has 0 N–H and O–H groups in total. The lowest BCUT2D eigenvalue weighted by Gasteiger charge is -2.22. The van der Waals surface area contributed by atoms with Crippen LogP contribution in [-0.4, -0.2) is 32.6 Å². The van der Waals surface area contributed by atoms with Crippen LogP contribution in [0.1, 0.15) is 63.6 Å². The third kappa shape index (κ3) is 5.59. The first-order chi connectivity index (χ1) is 11.7. The summed E-state index contributed by atoms with van der Waals surface area (Å²) in [5.74, 6) is 0.926. The largest absolute Gasteiger partial charge is 0.489 e. The van der Waals surface area contributed by atoms with Crippen molar-refractivity contribution in [1.82, 2.24) is 0 Å². The molecule has 3 nitrogen and oxygen atoms in total. The number of benzene rings is 1.